The lowest BCUT2D eigenvalue weighted by atomic mass is 10.1. The Kier molecular flexibility index (Phi) is 6.92. The monoisotopic (exact) mass is 368 g/mol. The third-order valence-electron chi connectivity index (χ3n) is 3.84. The van der Waals surface area contributed by atoms with E-state index in [0.717, 1.165) is 0 Å². The number of hydrogen-bond donors (Lipinski definition) is 1. The minimum atomic E-state index is -0.605. The highest BCUT2D eigenvalue weighted by molar-refractivity contribution is 6.08. The van der Waals surface area contributed by atoms with Gasteiger partial charge in [-0.05, 0) is 30.7 Å². The largest absolute Gasteiger partial charge is 0.507 e. The van der Waals surface area contributed by atoms with E-state index in [1.54, 1.807) is 31.2 Å². The van der Waals surface area contributed by atoms with Gasteiger partial charge in [0, 0.05) is 25.4 Å². The normalized spacial score (nSPS) is 10.7. The maximum atomic E-state index is 12.6. The first-order chi connectivity index (χ1) is 13.0. The molecule has 1 N–H and O–H groups in total. The van der Waals surface area contributed by atoms with Gasteiger partial charge in [0.1, 0.15) is 23.1 Å². The Labute approximate surface area is 156 Å². The van der Waals surface area contributed by atoms with Gasteiger partial charge in [0.15, 0.2) is 12.4 Å². The highest BCUT2D eigenvalue weighted by Gasteiger charge is 2.17. The molecule has 0 bridgehead atoms. The molecule has 27 heavy (non-hydrogen) atoms. The van der Waals surface area contributed by atoms with Crippen molar-refractivity contribution in [3.63, 3.8) is 0 Å². The van der Waals surface area contributed by atoms with E-state index in [-0.39, 0.29) is 24.5 Å². The first-order valence-electron chi connectivity index (χ1n) is 8.22. The zero-order valence-corrected chi connectivity index (χ0v) is 15.1. The predicted octanol–water partition coefficient (Wildman–Crippen LogP) is 2.31. The Bertz CT molecular complexity index is 954. The summed E-state index contributed by atoms with van der Waals surface area (Å²) in [5, 5.41) is 18.6. The second-order valence-corrected chi connectivity index (χ2v) is 5.71. The Morgan fingerprint density at radius 3 is 2.85 bits per heavy atom. The summed E-state index contributed by atoms with van der Waals surface area (Å²) < 4.78 is 11.6. The standard InChI is InChI=1S/C20H20N2O5/c1-14-12-18(24)19(20(25)22(14)9-11-26-2)17(23)7-6-15-4-3-5-16(13-15)27-10-8-21/h3-7,12-13,24H,9-11H2,1-2H3/b7-6+. The van der Waals surface area contributed by atoms with Gasteiger partial charge in [0.2, 0.25) is 0 Å². The van der Waals surface area contributed by atoms with Crippen LogP contribution in [0.3, 0.4) is 0 Å². The molecule has 0 spiro atoms. The molecule has 0 saturated heterocycles. The van der Waals surface area contributed by atoms with Crippen LogP contribution in [0.25, 0.3) is 6.08 Å². The summed E-state index contributed by atoms with van der Waals surface area (Å²) in [6.45, 7) is 2.19. The molecule has 1 aromatic carbocycles. The first-order valence-corrected chi connectivity index (χ1v) is 8.22. The second kappa shape index (κ2) is 9.36. The molecule has 1 heterocycles. The third kappa shape index (κ3) is 5.06. The van der Waals surface area contributed by atoms with Crippen molar-refractivity contribution in [2.24, 2.45) is 0 Å². The first kappa shape index (κ1) is 19.9. The van der Waals surface area contributed by atoms with Crippen molar-refractivity contribution in [2.45, 2.75) is 13.5 Å². The highest BCUT2D eigenvalue weighted by atomic mass is 16.5. The lowest BCUT2D eigenvalue weighted by Gasteiger charge is -2.12. The Morgan fingerprint density at radius 1 is 1.37 bits per heavy atom. The molecule has 1 aromatic heterocycles. The molecule has 2 aromatic rings. The number of hydrogen-bond acceptors (Lipinski definition) is 6. The molecule has 2 rings (SSSR count). The predicted molar refractivity (Wildman–Crippen MR) is 99.9 cm³/mol. The molecule has 7 heteroatoms. The summed E-state index contributed by atoms with van der Waals surface area (Å²) in [7, 11) is 1.52. The van der Waals surface area contributed by atoms with Crippen LogP contribution >= 0.6 is 0 Å². The van der Waals surface area contributed by atoms with Crippen molar-refractivity contribution in [1.29, 1.82) is 5.26 Å². The SMILES string of the molecule is COCCn1c(C)cc(O)c(C(=O)/C=C/c2cccc(OCC#N)c2)c1=O. The molecule has 0 radical (unpaired) electrons. The van der Waals surface area contributed by atoms with Gasteiger partial charge in [-0.15, -0.1) is 0 Å². The number of rotatable bonds is 8. The summed E-state index contributed by atoms with van der Waals surface area (Å²) in [5.41, 5.74) is 0.345. The molecule has 0 saturated carbocycles. The van der Waals surface area contributed by atoms with E-state index in [4.69, 9.17) is 14.7 Å². The number of aromatic hydroxyl groups is 1. The molecule has 0 atom stereocenters. The molecule has 0 amide bonds. The zero-order valence-electron chi connectivity index (χ0n) is 15.1. The van der Waals surface area contributed by atoms with Crippen molar-refractivity contribution >= 4 is 11.9 Å². The van der Waals surface area contributed by atoms with Gasteiger partial charge in [-0.1, -0.05) is 18.2 Å². The Hall–Kier alpha value is -3.37. The van der Waals surface area contributed by atoms with Gasteiger partial charge in [0.05, 0.1) is 6.61 Å². The molecule has 0 aliphatic heterocycles. The quantitative estimate of drug-likeness (QED) is 0.567. The van der Waals surface area contributed by atoms with Crippen LogP contribution in [0.15, 0.2) is 41.2 Å². The topological polar surface area (TPSA) is 102 Å². The number of carbonyl (C=O) groups excluding carboxylic acids is 1. The molecule has 140 valence electrons. The number of aromatic nitrogens is 1. The van der Waals surface area contributed by atoms with E-state index >= 15 is 0 Å². The molecule has 0 aliphatic rings. The average Bonchev–Trinajstić information content (AvgIpc) is 2.64. The maximum Gasteiger partial charge on any atom is 0.265 e. The average molecular weight is 368 g/mol. The van der Waals surface area contributed by atoms with E-state index in [1.807, 2.05) is 6.07 Å². The van der Waals surface area contributed by atoms with Gasteiger partial charge in [-0.3, -0.25) is 9.59 Å². The summed E-state index contributed by atoms with van der Waals surface area (Å²) in [6, 6.07) is 10.1. The fraction of sp³-hybridized carbons (Fsp3) is 0.250. The number of benzene rings is 1. The summed E-state index contributed by atoms with van der Waals surface area (Å²) in [6.07, 6.45) is 2.73. The van der Waals surface area contributed by atoms with Gasteiger partial charge in [-0.25, -0.2) is 0 Å². The summed E-state index contributed by atoms with van der Waals surface area (Å²) >= 11 is 0. The van der Waals surface area contributed by atoms with Gasteiger partial charge in [-0.2, -0.15) is 5.26 Å². The van der Waals surface area contributed by atoms with E-state index in [1.165, 1.54) is 29.9 Å². The van der Waals surface area contributed by atoms with Gasteiger partial charge in [0.25, 0.3) is 5.56 Å². The minimum absolute atomic E-state index is 0.0790. The van der Waals surface area contributed by atoms with Crippen LogP contribution in [-0.4, -0.2) is 35.8 Å². The summed E-state index contributed by atoms with van der Waals surface area (Å²) in [4.78, 5) is 25.1. The fourth-order valence-electron chi connectivity index (χ4n) is 2.52. The molecule has 0 aliphatic carbocycles. The van der Waals surface area contributed by atoms with Crippen molar-refractivity contribution in [3.8, 4) is 17.6 Å². The lowest BCUT2D eigenvalue weighted by Crippen LogP contribution is -2.29. The number of nitrogens with zero attached hydrogens (tertiary/aromatic N) is 2. The molecule has 7 nitrogen and oxygen atoms in total. The number of ether oxygens (including phenoxy) is 2. The summed E-state index contributed by atoms with van der Waals surface area (Å²) in [5.74, 6) is -0.467. The fourth-order valence-corrected chi connectivity index (χ4v) is 2.52. The second-order valence-electron chi connectivity index (χ2n) is 5.71. The van der Waals surface area contributed by atoms with Crippen LogP contribution in [-0.2, 0) is 11.3 Å². The number of aryl methyl sites for hydroxylation is 1. The Morgan fingerprint density at radius 2 is 2.15 bits per heavy atom. The number of methoxy groups -OCH3 is 1. The van der Waals surface area contributed by atoms with Crippen LogP contribution in [0.2, 0.25) is 0 Å². The molecular formula is C20H20N2O5. The number of allylic oxidation sites excluding steroid dienone is 1. The van der Waals surface area contributed by atoms with E-state index < -0.39 is 11.3 Å². The van der Waals surface area contributed by atoms with Crippen LogP contribution in [0.1, 0.15) is 21.6 Å². The maximum absolute atomic E-state index is 12.6. The van der Waals surface area contributed by atoms with Crippen LogP contribution in [0.4, 0.5) is 0 Å². The molecule has 0 unspecified atom stereocenters. The highest BCUT2D eigenvalue weighted by Crippen LogP contribution is 2.18. The van der Waals surface area contributed by atoms with Crippen LogP contribution in [0, 0.1) is 18.3 Å². The number of carbonyl (C=O) groups is 1. The minimum Gasteiger partial charge on any atom is -0.507 e. The number of ketones is 1. The van der Waals surface area contributed by atoms with Crippen molar-refractivity contribution in [1.82, 2.24) is 4.57 Å². The zero-order chi connectivity index (χ0) is 19.8. The van der Waals surface area contributed by atoms with Crippen molar-refractivity contribution < 1.29 is 19.4 Å². The number of pyridine rings is 1. The van der Waals surface area contributed by atoms with Gasteiger partial charge >= 0.3 is 0 Å². The van der Waals surface area contributed by atoms with Crippen LogP contribution in [0.5, 0.6) is 11.5 Å². The molecular weight excluding hydrogens is 348 g/mol. The third-order valence-corrected chi connectivity index (χ3v) is 3.84. The smallest absolute Gasteiger partial charge is 0.265 e. The van der Waals surface area contributed by atoms with E-state index in [9.17, 15) is 14.7 Å². The Balaban J connectivity index is 2.29. The lowest BCUT2D eigenvalue weighted by molar-refractivity contribution is 0.104. The van der Waals surface area contributed by atoms with E-state index in [0.29, 0.717) is 23.6 Å². The van der Waals surface area contributed by atoms with Gasteiger partial charge < -0.3 is 19.1 Å². The van der Waals surface area contributed by atoms with Crippen molar-refractivity contribution in [2.75, 3.05) is 20.3 Å². The number of nitriles is 1. The van der Waals surface area contributed by atoms with E-state index in [2.05, 4.69) is 0 Å². The van der Waals surface area contributed by atoms with Crippen LogP contribution < -0.4 is 10.3 Å². The molecule has 0 fully saturated rings. The van der Waals surface area contributed by atoms with Crippen molar-refractivity contribution in [3.05, 3.63) is 63.6 Å².